The number of aryl methyl sites for hydroxylation is 1. The normalized spacial score (nSPS) is 13.5. The standard InChI is InChI=1S/C8H15N3/c1-6(4-9)8-5-10-11(3)7(8)2/h5-6H,4,9H2,1-3H3. The molecule has 1 atom stereocenters. The minimum atomic E-state index is 0.420. The van der Waals surface area contributed by atoms with Gasteiger partial charge < -0.3 is 5.73 Å². The van der Waals surface area contributed by atoms with E-state index in [-0.39, 0.29) is 0 Å². The number of hydrogen-bond acceptors (Lipinski definition) is 2. The van der Waals surface area contributed by atoms with Gasteiger partial charge in [-0.25, -0.2) is 0 Å². The van der Waals surface area contributed by atoms with E-state index in [2.05, 4.69) is 18.9 Å². The highest BCUT2D eigenvalue weighted by Gasteiger charge is 2.09. The van der Waals surface area contributed by atoms with Gasteiger partial charge in [-0.1, -0.05) is 6.92 Å². The van der Waals surface area contributed by atoms with Crippen LogP contribution in [0.3, 0.4) is 0 Å². The van der Waals surface area contributed by atoms with Crippen molar-refractivity contribution in [2.24, 2.45) is 12.8 Å². The third kappa shape index (κ3) is 1.43. The SMILES string of the molecule is Cc1c(C(C)CN)cnn1C. The molecule has 0 spiro atoms. The Bertz CT molecular complexity index is 239. The zero-order valence-corrected chi connectivity index (χ0v) is 7.33. The first-order valence-electron chi connectivity index (χ1n) is 3.85. The second-order valence-corrected chi connectivity index (χ2v) is 2.95. The van der Waals surface area contributed by atoms with Crippen LogP contribution in [0.4, 0.5) is 0 Å². The highest BCUT2D eigenvalue weighted by molar-refractivity contribution is 5.20. The van der Waals surface area contributed by atoms with Crippen molar-refractivity contribution in [3.05, 3.63) is 17.5 Å². The summed E-state index contributed by atoms with van der Waals surface area (Å²) in [6, 6.07) is 0. The first kappa shape index (κ1) is 8.27. The van der Waals surface area contributed by atoms with E-state index < -0.39 is 0 Å². The lowest BCUT2D eigenvalue weighted by molar-refractivity contribution is 0.724. The van der Waals surface area contributed by atoms with Crippen LogP contribution in [-0.2, 0) is 7.05 Å². The molecular formula is C8H15N3. The van der Waals surface area contributed by atoms with E-state index >= 15 is 0 Å². The van der Waals surface area contributed by atoms with Gasteiger partial charge in [-0.2, -0.15) is 5.10 Å². The third-order valence-electron chi connectivity index (χ3n) is 2.16. The van der Waals surface area contributed by atoms with Gasteiger partial charge in [-0.3, -0.25) is 4.68 Å². The van der Waals surface area contributed by atoms with Crippen LogP contribution in [0.5, 0.6) is 0 Å². The zero-order valence-electron chi connectivity index (χ0n) is 7.33. The molecule has 11 heavy (non-hydrogen) atoms. The Morgan fingerprint density at radius 3 is 2.73 bits per heavy atom. The number of hydrogen-bond donors (Lipinski definition) is 1. The molecule has 1 rings (SSSR count). The average Bonchev–Trinajstić information content (AvgIpc) is 2.32. The van der Waals surface area contributed by atoms with Crippen molar-refractivity contribution in [1.82, 2.24) is 9.78 Å². The van der Waals surface area contributed by atoms with Gasteiger partial charge >= 0.3 is 0 Å². The van der Waals surface area contributed by atoms with Crippen molar-refractivity contribution in [3.63, 3.8) is 0 Å². The van der Waals surface area contributed by atoms with Crippen LogP contribution in [0.1, 0.15) is 24.1 Å². The molecule has 0 fully saturated rings. The summed E-state index contributed by atoms with van der Waals surface area (Å²) in [5.74, 6) is 0.420. The molecule has 1 aromatic heterocycles. The van der Waals surface area contributed by atoms with E-state index in [1.165, 1.54) is 11.3 Å². The molecule has 0 bridgehead atoms. The highest BCUT2D eigenvalue weighted by atomic mass is 15.3. The van der Waals surface area contributed by atoms with Crippen LogP contribution >= 0.6 is 0 Å². The maximum atomic E-state index is 5.55. The van der Waals surface area contributed by atoms with E-state index in [1.54, 1.807) is 0 Å². The predicted molar refractivity (Wildman–Crippen MR) is 45.4 cm³/mol. The minimum absolute atomic E-state index is 0.420. The van der Waals surface area contributed by atoms with Crippen molar-refractivity contribution in [2.75, 3.05) is 6.54 Å². The van der Waals surface area contributed by atoms with E-state index in [0.717, 1.165) is 0 Å². The molecule has 0 aliphatic rings. The molecule has 0 aliphatic heterocycles. The molecule has 0 saturated heterocycles. The van der Waals surface area contributed by atoms with E-state index in [1.807, 2.05) is 17.9 Å². The maximum absolute atomic E-state index is 5.55. The van der Waals surface area contributed by atoms with Crippen LogP contribution in [-0.4, -0.2) is 16.3 Å². The monoisotopic (exact) mass is 153 g/mol. The number of rotatable bonds is 2. The van der Waals surface area contributed by atoms with E-state index in [9.17, 15) is 0 Å². The van der Waals surface area contributed by atoms with Gasteiger partial charge in [0.2, 0.25) is 0 Å². The lowest BCUT2D eigenvalue weighted by Crippen LogP contribution is -2.09. The molecule has 0 aliphatic carbocycles. The van der Waals surface area contributed by atoms with Crippen molar-refractivity contribution in [3.8, 4) is 0 Å². The van der Waals surface area contributed by atoms with Gasteiger partial charge in [0.15, 0.2) is 0 Å². The predicted octanol–water partition coefficient (Wildman–Crippen LogP) is 0.791. The fourth-order valence-corrected chi connectivity index (χ4v) is 1.13. The van der Waals surface area contributed by atoms with Crippen molar-refractivity contribution < 1.29 is 0 Å². The molecule has 0 radical (unpaired) electrons. The largest absolute Gasteiger partial charge is 0.330 e. The smallest absolute Gasteiger partial charge is 0.0527 e. The Balaban J connectivity index is 2.94. The van der Waals surface area contributed by atoms with Crippen molar-refractivity contribution in [1.29, 1.82) is 0 Å². The molecule has 2 N–H and O–H groups in total. The van der Waals surface area contributed by atoms with Crippen LogP contribution < -0.4 is 5.73 Å². The van der Waals surface area contributed by atoms with Gasteiger partial charge in [0.05, 0.1) is 6.20 Å². The zero-order chi connectivity index (χ0) is 8.43. The summed E-state index contributed by atoms with van der Waals surface area (Å²) in [6.45, 7) is 4.87. The van der Waals surface area contributed by atoms with Gasteiger partial charge in [0.1, 0.15) is 0 Å². The lowest BCUT2D eigenvalue weighted by atomic mass is 10.0. The molecule has 0 amide bonds. The first-order valence-corrected chi connectivity index (χ1v) is 3.85. The molecule has 62 valence electrons. The molecule has 3 heteroatoms. The summed E-state index contributed by atoms with van der Waals surface area (Å²) in [5.41, 5.74) is 8.02. The van der Waals surface area contributed by atoms with Crippen LogP contribution in [0, 0.1) is 6.92 Å². The lowest BCUT2D eigenvalue weighted by Gasteiger charge is -2.06. The number of nitrogens with two attached hydrogens (primary N) is 1. The topological polar surface area (TPSA) is 43.8 Å². The average molecular weight is 153 g/mol. The fourth-order valence-electron chi connectivity index (χ4n) is 1.13. The maximum Gasteiger partial charge on any atom is 0.0527 e. The highest BCUT2D eigenvalue weighted by Crippen LogP contribution is 2.16. The fraction of sp³-hybridized carbons (Fsp3) is 0.625. The van der Waals surface area contributed by atoms with Gasteiger partial charge in [-0.05, 0) is 24.9 Å². The van der Waals surface area contributed by atoms with E-state index in [4.69, 9.17) is 5.73 Å². The Morgan fingerprint density at radius 2 is 2.36 bits per heavy atom. The quantitative estimate of drug-likeness (QED) is 0.682. The Morgan fingerprint density at radius 1 is 1.73 bits per heavy atom. The third-order valence-corrected chi connectivity index (χ3v) is 2.16. The van der Waals surface area contributed by atoms with E-state index in [0.29, 0.717) is 12.5 Å². The molecule has 0 saturated carbocycles. The molecule has 0 aromatic carbocycles. The van der Waals surface area contributed by atoms with Crippen LogP contribution in [0.15, 0.2) is 6.20 Å². The van der Waals surface area contributed by atoms with Crippen LogP contribution in [0.25, 0.3) is 0 Å². The van der Waals surface area contributed by atoms with Gasteiger partial charge in [0.25, 0.3) is 0 Å². The molecular weight excluding hydrogens is 138 g/mol. The summed E-state index contributed by atoms with van der Waals surface area (Å²) in [7, 11) is 1.95. The summed E-state index contributed by atoms with van der Waals surface area (Å²) in [6.07, 6.45) is 1.90. The summed E-state index contributed by atoms with van der Waals surface area (Å²) in [4.78, 5) is 0. The van der Waals surface area contributed by atoms with Crippen molar-refractivity contribution in [2.45, 2.75) is 19.8 Å². The molecule has 1 aromatic rings. The number of nitrogens with zero attached hydrogens (tertiary/aromatic N) is 2. The number of aromatic nitrogens is 2. The molecule has 1 heterocycles. The molecule has 1 unspecified atom stereocenters. The Labute approximate surface area is 67.2 Å². The molecule has 3 nitrogen and oxygen atoms in total. The second-order valence-electron chi connectivity index (χ2n) is 2.95. The van der Waals surface area contributed by atoms with Crippen molar-refractivity contribution >= 4 is 0 Å². The second kappa shape index (κ2) is 3.05. The first-order chi connectivity index (χ1) is 5.16. The Hall–Kier alpha value is -0.830. The summed E-state index contributed by atoms with van der Waals surface area (Å²) < 4.78 is 1.88. The van der Waals surface area contributed by atoms with Gasteiger partial charge in [0, 0.05) is 12.7 Å². The van der Waals surface area contributed by atoms with Crippen LogP contribution in [0.2, 0.25) is 0 Å². The van der Waals surface area contributed by atoms with Gasteiger partial charge in [-0.15, -0.1) is 0 Å². The Kier molecular flexibility index (Phi) is 2.29. The summed E-state index contributed by atoms with van der Waals surface area (Å²) >= 11 is 0. The summed E-state index contributed by atoms with van der Waals surface area (Å²) in [5, 5.41) is 4.15. The minimum Gasteiger partial charge on any atom is -0.330 e.